The van der Waals surface area contributed by atoms with Crippen molar-refractivity contribution < 1.29 is 53.4 Å². The summed E-state index contributed by atoms with van der Waals surface area (Å²) < 4.78 is 3.69. The van der Waals surface area contributed by atoms with Crippen LogP contribution in [0.25, 0.3) is 0 Å². The third kappa shape index (κ3) is 8.41. The second-order valence-electron chi connectivity index (χ2n) is 0.710. The number of hydrogen-bond donors (Lipinski definition) is 1. The molecule has 0 aromatic heterocycles. The summed E-state index contributed by atoms with van der Waals surface area (Å²) in [7, 11) is 1.53. The Morgan fingerprint density at radius 1 is 1.44 bits per heavy atom. The van der Waals surface area contributed by atoms with E-state index in [0.717, 1.165) is 0 Å². The Morgan fingerprint density at radius 2 is 1.78 bits per heavy atom. The Bertz CT molecular complexity index is 107. The maximum absolute atomic E-state index is 9.67. The summed E-state index contributed by atoms with van der Waals surface area (Å²) in [6.07, 6.45) is 0. The smallest absolute Gasteiger partial charge is 0.419 e. The van der Waals surface area contributed by atoms with Gasteiger partial charge in [0.25, 0.3) is 0 Å². The molecule has 0 spiro atoms. The summed E-state index contributed by atoms with van der Waals surface area (Å²) in [6.45, 7) is 0. The van der Waals surface area contributed by atoms with Crippen molar-refractivity contribution in [3.63, 3.8) is 0 Å². The van der Waals surface area contributed by atoms with Crippen molar-refractivity contribution in [2.75, 3.05) is 0 Å². The Labute approximate surface area is 74.9 Å². The van der Waals surface area contributed by atoms with Crippen LogP contribution >= 0.6 is 9.47 Å². The van der Waals surface area contributed by atoms with E-state index in [2.05, 4.69) is 4.52 Å². The zero-order valence-corrected chi connectivity index (χ0v) is 7.42. The third-order valence-electron chi connectivity index (χ3n) is 0.282. The van der Waals surface area contributed by atoms with Crippen molar-refractivity contribution in [3.05, 3.63) is 0 Å². The van der Waals surface area contributed by atoms with Gasteiger partial charge >= 0.3 is 11.9 Å². The molecule has 1 unspecified atom stereocenters. The summed E-state index contributed by atoms with van der Waals surface area (Å²) in [6, 6.07) is 0. The van der Waals surface area contributed by atoms with E-state index in [1.54, 1.807) is 0 Å². The maximum Gasteiger partial charge on any atom is 0.419 e. The van der Waals surface area contributed by atoms with Gasteiger partial charge in [-0.15, -0.1) is 0 Å². The van der Waals surface area contributed by atoms with Gasteiger partial charge in [0.15, 0.2) is 0 Å². The minimum absolute atomic E-state index is 0. The third-order valence-corrected chi connectivity index (χ3v) is 0.496. The number of carbonyl (C=O) groups is 2. The predicted molar refractivity (Wildman–Crippen MR) is 23.4 cm³/mol. The van der Waals surface area contributed by atoms with E-state index in [-0.39, 0.29) is 34.1 Å². The second kappa shape index (κ2) is 8.41. The molecule has 0 aromatic rings. The molecule has 0 rings (SSSR count). The molecule has 0 heterocycles. The Kier molecular flexibility index (Phi) is 15.1. The quantitative estimate of drug-likeness (QED) is 0.344. The molecule has 7 heteroatoms. The van der Waals surface area contributed by atoms with Crippen LogP contribution in [-0.2, 0) is 48.3 Å². The Balaban J connectivity index is -0.000000180. The van der Waals surface area contributed by atoms with Crippen LogP contribution in [0, 0.1) is 0 Å². The molecule has 0 aliphatic rings. The van der Waals surface area contributed by atoms with Crippen molar-refractivity contribution in [2.24, 2.45) is 0 Å². The molecule has 1 N–H and O–H groups in total. The fourth-order valence-corrected chi connectivity index (χ4v) is 0.151. The predicted octanol–water partition coefficient (Wildman–Crippen LogP) is -0.601. The molecule has 55 valence electrons. The van der Waals surface area contributed by atoms with Crippen LogP contribution in [0.3, 0.4) is 0 Å². The fraction of sp³-hybridized carbons (Fsp3) is 0. The molecule has 9 heavy (non-hydrogen) atoms. The molecule has 0 aromatic carbocycles. The zero-order valence-electron chi connectivity index (χ0n) is 3.98. The monoisotopic (exact) mass is 233 g/mol. The van der Waals surface area contributed by atoms with Crippen LogP contribution in [0.1, 0.15) is 0 Å². The van der Waals surface area contributed by atoms with Crippen LogP contribution in [0.15, 0.2) is 0 Å². The molecule has 0 aliphatic heterocycles. The first kappa shape index (κ1) is 16.2. The van der Waals surface area contributed by atoms with Crippen LogP contribution in [0.5, 0.6) is 0 Å². The van der Waals surface area contributed by atoms with E-state index in [9.17, 15) is 9.59 Å². The molecular formula is C2H3FeMnO4P. The van der Waals surface area contributed by atoms with Crippen LogP contribution in [0.4, 0.5) is 0 Å². The molecule has 0 bridgehead atoms. The number of carboxylic acid groups (broad SMARTS) is 1. The summed E-state index contributed by atoms with van der Waals surface area (Å²) >= 11 is 0. The summed E-state index contributed by atoms with van der Waals surface area (Å²) in [4.78, 5) is 19.1. The average Bonchev–Trinajstić information content (AvgIpc) is 1.65. The first-order valence-corrected chi connectivity index (χ1v) is 1.79. The second-order valence-corrected chi connectivity index (χ2v) is 0.946. The van der Waals surface area contributed by atoms with Gasteiger partial charge in [-0.25, -0.2) is 9.59 Å². The number of aliphatic carboxylic acids is 1. The SMILES string of the molecule is O=C(O)C(=O)OP.[Fe].[Mn]. The number of carbonyl (C=O) groups excluding carboxylic acids is 1. The fourth-order valence-electron chi connectivity index (χ4n) is 0.0504. The van der Waals surface area contributed by atoms with Gasteiger partial charge in [0.1, 0.15) is 0 Å². The molecule has 1 atom stereocenters. The van der Waals surface area contributed by atoms with E-state index < -0.39 is 11.9 Å². The van der Waals surface area contributed by atoms with Crippen molar-refractivity contribution in [1.29, 1.82) is 0 Å². The van der Waals surface area contributed by atoms with E-state index in [0.29, 0.717) is 0 Å². The Hall–Kier alpha value is 0.409. The first-order chi connectivity index (χ1) is 3.18. The molecule has 0 saturated carbocycles. The van der Waals surface area contributed by atoms with Gasteiger partial charge in [-0.3, -0.25) is 0 Å². The molecule has 0 saturated heterocycles. The first-order valence-electron chi connectivity index (χ1n) is 1.32. The van der Waals surface area contributed by atoms with E-state index >= 15 is 0 Å². The topological polar surface area (TPSA) is 63.6 Å². The van der Waals surface area contributed by atoms with E-state index in [1.165, 1.54) is 9.47 Å². The number of rotatable bonds is 0. The molecule has 0 amide bonds. The van der Waals surface area contributed by atoms with Crippen molar-refractivity contribution >= 4 is 21.4 Å². The molecule has 0 fully saturated rings. The Morgan fingerprint density at radius 3 is 1.78 bits per heavy atom. The summed E-state index contributed by atoms with van der Waals surface area (Å²) in [5, 5.41) is 7.69. The summed E-state index contributed by atoms with van der Waals surface area (Å²) in [5.74, 6) is -2.86. The molecule has 4 nitrogen and oxygen atoms in total. The van der Waals surface area contributed by atoms with Gasteiger partial charge in [-0.2, -0.15) is 0 Å². The zero-order chi connectivity index (χ0) is 5.86. The molecule has 0 aliphatic carbocycles. The van der Waals surface area contributed by atoms with Crippen LogP contribution in [0.2, 0.25) is 0 Å². The van der Waals surface area contributed by atoms with Crippen molar-refractivity contribution in [2.45, 2.75) is 0 Å². The summed E-state index contributed by atoms with van der Waals surface area (Å²) in [5.41, 5.74) is 0. The van der Waals surface area contributed by atoms with E-state index in [1.807, 2.05) is 0 Å². The van der Waals surface area contributed by atoms with Crippen LogP contribution in [-0.4, -0.2) is 17.0 Å². The van der Waals surface area contributed by atoms with Crippen molar-refractivity contribution in [3.8, 4) is 0 Å². The van der Waals surface area contributed by atoms with Crippen LogP contribution < -0.4 is 0 Å². The van der Waals surface area contributed by atoms with Crippen molar-refractivity contribution in [1.82, 2.24) is 0 Å². The van der Waals surface area contributed by atoms with Gasteiger partial charge in [0.05, 0.1) is 9.47 Å². The average molecular weight is 233 g/mol. The van der Waals surface area contributed by atoms with Gasteiger partial charge in [0, 0.05) is 34.1 Å². The standard InChI is InChI=1S/C2H3O4P.Fe.Mn/c3-1(4)2(5)6-7;;/h7H2,(H,3,4);;. The normalized spacial score (nSPS) is 5.89. The van der Waals surface area contributed by atoms with Gasteiger partial charge in [0.2, 0.25) is 0 Å². The minimum atomic E-state index is -1.59. The number of carboxylic acids is 1. The van der Waals surface area contributed by atoms with E-state index in [4.69, 9.17) is 5.11 Å². The van der Waals surface area contributed by atoms with Gasteiger partial charge in [-0.1, -0.05) is 0 Å². The van der Waals surface area contributed by atoms with Gasteiger partial charge < -0.3 is 9.63 Å². The largest absolute Gasteiger partial charge is 0.473 e. The minimum Gasteiger partial charge on any atom is -0.473 e. The molecule has 1 radical (unpaired) electrons. The maximum atomic E-state index is 9.67. The van der Waals surface area contributed by atoms with Gasteiger partial charge in [-0.05, 0) is 0 Å². The number of hydrogen-bond acceptors (Lipinski definition) is 3. The molecular weight excluding hydrogens is 230 g/mol.